The molecule has 1 aliphatic rings. The third-order valence-electron chi connectivity index (χ3n) is 6.92. The molecule has 1 aromatic heterocycles. The molecule has 3 N–H and O–H groups in total. The average molecular weight is 600 g/mol. The van der Waals surface area contributed by atoms with Crippen LogP contribution in [0.3, 0.4) is 0 Å². The summed E-state index contributed by atoms with van der Waals surface area (Å²) in [6.07, 6.45) is 4.40. The molecule has 0 radical (unpaired) electrons. The summed E-state index contributed by atoms with van der Waals surface area (Å²) >= 11 is 2.75. The molecule has 10 heteroatoms. The number of ether oxygens (including phenoxy) is 1. The van der Waals surface area contributed by atoms with E-state index in [4.69, 9.17) is 4.74 Å². The minimum atomic E-state index is -0.966. The van der Waals surface area contributed by atoms with Crippen LogP contribution >= 0.6 is 23.1 Å². The number of nitrogens with one attached hydrogen (secondary N) is 2. The molecular weight excluding hydrogens is 571 g/mol. The Hall–Kier alpha value is -4.41. The first kappa shape index (κ1) is 29.1. The number of hydrogen-bond donors (Lipinski definition) is 3. The number of carbonyl (C=O) groups excluding carboxylic acids is 2. The van der Waals surface area contributed by atoms with Crippen molar-refractivity contribution < 1.29 is 24.2 Å². The normalized spacial score (nSPS) is 16.8. The van der Waals surface area contributed by atoms with E-state index >= 15 is 0 Å². The molecule has 42 heavy (non-hydrogen) atoms. The average Bonchev–Trinajstić information content (AvgIpc) is 3.49. The van der Waals surface area contributed by atoms with Gasteiger partial charge in [-0.1, -0.05) is 42.5 Å². The topological polar surface area (TPSA) is 118 Å². The summed E-state index contributed by atoms with van der Waals surface area (Å²) in [5.41, 5.74) is 3.09. The number of benzene rings is 3. The Morgan fingerprint density at radius 1 is 0.929 bits per heavy atom. The van der Waals surface area contributed by atoms with Crippen LogP contribution in [0, 0.1) is 11.8 Å². The van der Waals surface area contributed by atoms with Crippen LogP contribution in [0.25, 0.3) is 11.3 Å². The van der Waals surface area contributed by atoms with Crippen LogP contribution in [0.2, 0.25) is 0 Å². The Morgan fingerprint density at radius 3 is 2.29 bits per heavy atom. The van der Waals surface area contributed by atoms with Gasteiger partial charge in [-0.25, -0.2) is 4.98 Å². The van der Waals surface area contributed by atoms with Crippen LogP contribution in [0.5, 0.6) is 5.75 Å². The number of carbonyl (C=O) groups is 3. The fourth-order valence-electron chi connectivity index (χ4n) is 4.66. The number of carboxylic acid groups (broad SMARTS) is 1. The maximum atomic E-state index is 13.5. The number of amides is 2. The molecule has 0 spiro atoms. The van der Waals surface area contributed by atoms with Crippen LogP contribution in [-0.2, 0) is 14.4 Å². The molecule has 214 valence electrons. The van der Waals surface area contributed by atoms with Crippen LogP contribution < -0.4 is 15.4 Å². The summed E-state index contributed by atoms with van der Waals surface area (Å²) in [4.78, 5) is 43.4. The second kappa shape index (κ2) is 13.5. The molecular formula is C32H29N3O5S2. The summed E-state index contributed by atoms with van der Waals surface area (Å²) in [6.45, 7) is 0. The molecule has 3 aromatic carbocycles. The van der Waals surface area contributed by atoms with Crippen molar-refractivity contribution >= 4 is 51.7 Å². The lowest BCUT2D eigenvalue weighted by Gasteiger charge is -2.24. The van der Waals surface area contributed by atoms with Gasteiger partial charge in [0, 0.05) is 21.5 Å². The number of aliphatic carboxylic acids is 1. The lowest BCUT2D eigenvalue weighted by atomic mass is 9.82. The zero-order chi connectivity index (χ0) is 29.5. The van der Waals surface area contributed by atoms with Gasteiger partial charge in [0.2, 0.25) is 11.8 Å². The first-order valence-electron chi connectivity index (χ1n) is 13.3. The first-order valence-corrected chi connectivity index (χ1v) is 15.1. The molecule has 0 aliphatic heterocycles. The smallest absolute Gasteiger partial charge is 0.307 e. The number of hydrogen-bond acceptors (Lipinski definition) is 7. The van der Waals surface area contributed by atoms with E-state index in [1.165, 1.54) is 23.1 Å². The molecule has 8 nitrogen and oxygen atoms in total. The third-order valence-corrected chi connectivity index (χ3v) is 8.95. The predicted octanol–water partition coefficient (Wildman–Crippen LogP) is 6.90. The van der Waals surface area contributed by atoms with Crippen molar-refractivity contribution in [1.29, 1.82) is 0 Å². The van der Waals surface area contributed by atoms with Gasteiger partial charge in [0.25, 0.3) is 0 Å². The van der Waals surface area contributed by atoms with Crippen molar-refractivity contribution in [3.8, 4) is 17.0 Å². The Labute approximate surface area is 251 Å². The summed E-state index contributed by atoms with van der Waals surface area (Å²) in [5.74, 6) is -2.08. The number of thiazole rings is 1. The molecule has 0 saturated heterocycles. The number of nitrogens with zero attached hydrogens (tertiary/aromatic N) is 1. The van der Waals surface area contributed by atoms with E-state index in [9.17, 15) is 19.5 Å². The Bertz CT molecular complexity index is 1570. The second-order valence-electron chi connectivity index (χ2n) is 9.67. The molecule has 0 saturated carbocycles. The van der Waals surface area contributed by atoms with E-state index in [1.807, 2.05) is 84.3 Å². The molecule has 4 aromatic rings. The van der Waals surface area contributed by atoms with Crippen molar-refractivity contribution in [3.05, 3.63) is 102 Å². The molecule has 1 heterocycles. The molecule has 0 fully saturated rings. The maximum Gasteiger partial charge on any atom is 0.307 e. The fraction of sp³-hybridized carbons (Fsp3) is 0.188. The van der Waals surface area contributed by atoms with Gasteiger partial charge in [0.15, 0.2) is 5.13 Å². The van der Waals surface area contributed by atoms with E-state index in [2.05, 4.69) is 15.6 Å². The molecule has 3 atom stereocenters. The maximum absolute atomic E-state index is 13.5. The zero-order valence-corrected chi connectivity index (χ0v) is 24.4. The molecule has 5 rings (SSSR count). The highest BCUT2D eigenvalue weighted by Crippen LogP contribution is 2.37. The number of aromatic nitrogens is 1. The van der Waals surface area contributed by atoms with Gasteiger partial charge in [-0.3, -0.25) is 14.4 Å². The van der Waals surface area contributed by atoms with Crippen molar-refractivity contribution in [3.63, 3.8) is 0 Å². The minimum absolute atomic E-state index is 0.204. The largest absolute Gasteiger partial charge is 0.497 e. The number of thioether (sulfide) groups is 1. The molecule has 3 unspecified atom stereocenters. The van der Waals surface area contributed by atoms with Crippen molar-refractivity contribution in [1.82, 2.24) is 4.98 Å². The number of rotatable bonds is 10. The van der Waals surface area contributed by atoms with Gasteiger partial charge in [-0.05, 0) is 66.9 Å². The van der Waals surface area contributed by atoms with Crippen molar-refractivity contribution in [2.75, 3.05) is 17.7 Å². The second-order valence-corrected chi connectivity index (χ2v) is 11.7. The van der Waals surface area contributed by atoms with E-state index in [0.717, 1.165) is 27.5 Å². The van der Waals surface area contributed by atoms with E-state index in [0.29, 0.717) is 23.7 Å². The van der Waals surface area contributed by atoms with Gasteiger partial charge in [0.1, 0.15) is 11.0 Å². The highest BCUT2D eigenvalue weighted by Gasteiger charge is 2.34. The van der Waals surface area contributed by atoms with Crippen LogP contribution in [0.4, 0.5) is 10.8 Å². The van der Waals surface area contributed by atoms with Gasteiger partial charge >= 0.3 is 5.97 Å². The minimum Gasteiger partial charge on any atom is -0.497 e. The monoisotopic (exact) mass is 599 g/mol. The number of methoxy groups -OCH3 is 1. The number of anilines is 2. The SMILES string of the molecule is COc1ccc(-c2csc(NC(=O)C(Sc3ccc(NC(=O)C4CC=CCC4C(=O)O)cc3)c3ccccc3)n2)cc1. The van der Waals surface area contributed by atoms with Crippen molar-refractivity contribution in [2.45, 2.75) is 23.0 Å². The standard InChI is InChI=1S/C32H29N3O5S2/c1-40-23-15-11-20(12-16-23)27-19-41-32(34-27)35-30(37)28(21-7-3-2-4-8-21)42-24-17-13-22(14-18-24)33-29(36)25-9-5-6-10-26(25)31(38)39/h2-8,11-19,25-26,28H,9-10H2,1H3,(H,33,36)(H,38,39)(H,34,35,37). The van der Waals surface area contributed by atoms with Gasteiger partial charge in [-0.2, -0.15) is 0 Å². The Kier molecular flexibility index (Phi) is 9.35. The van der Waals surface area contributed by atoms with Gasteiger partial charge in [0.05, 0.1) is 24.6 Å². The lowest BCUT2D eigenvalue weighted by Crippen LogP contribution is -2.34. The third kappa shape index (κ3) is 7.07. The first-order chi connectivity index (χ1) is 20.4. The highest BCUT2D eigenvalue weighted by molar-refractivity contribution is 8.00. The highest BCUT2D eigenvalue weighted by atomic mass is 32.2. The Balaban J connectivity index is 1.27. The number of allylic oxidation sites excluding steroid dienone is 2. The number of carboxylic acids is 1. The van der Waals surface area contributed by atoms with Crippen LogP contribution in [-0.4, -0.2) is 35.0 Å². The molecule has 0 bridgehead atoms. The van der Waals surface area contributed by atoms with Gasteiger partial charge in [-0.15, -0.1) is 23.1 Å². The van der Waals surface area contributed by atoms with Crippen LogP contribution in [0.1, 0.15) is 23.7 Å². The predicted molar refractivity (Wildman–Crippen MR) is 166 cm³/mol. The lowest BCUT2D eigenvalue weighted by molar-refractivity contribution is -0.146. The van der Waals surface area contributed by atoms with Gasteiger partial charge < -0.3 is 20.5 Å². The summed E-state index contributed by atoms with van der Waals surface area (Å²) in [7, 11) is 1.62. The Morgan fingerprint density at radius 2 is 1.62 bits per heavy atom. The summed E-state index contributed by atoms with van der Waals surface area (Å²) in [6, 6.07) is 24.3. The van der Waals surface area contributed by atoms with E-state index in [-0.39, 0.29) is 11.8 Å². The summed E-state index contributed by atoms with van der Waals surface area (Å²) < 4.78 is 5.22. The van der Waals surface area contributed by atoms with E-state index < -0.39 is 23.1 Å². The van der Waals surface area contributed by atoms with Crippen LogP contribution in [0.15, 0.2) is 101 Å². The molecule has 1 aliphatic carbocycles. The zero-order valence-electron chi connectivity index (χ0n) is 22.7. The molecule has 2 amide bonds. The quantitative estimate of drug-likeness (QED) is 0.134. The fourth-order valence-corrected chi connectivity index (χ4v) is 6.41. The van der Waals surface area contributed by atoms with E-state index in [1.54, 1.807) is 19.2 Å². The van der Waals surface area contributed by atoms with Crippen molar-refractivity contribution in [2.24, 2.45) is 11.8 Å². The summed E-state index contributed by atoms with van der Waals surface area (Å²) in [5, 5.41) is 17.2.